The topological polar surface area (TPSA) is 80.3 Å². The van der Waals surface area contributed by atoms with Crippen LogP contribution in [0, 0.1) is 6.92 Å². The maximum absolute atomic E-state index is 9.28. The van der Waals surface area contributed by atoms with Crippen LogP contribution in [-0.4, -0.2) is 11.9 Å². The number of carboxylic acids is 2. The third-order valence-corrected chi connectivity index (χ3v) is 2.64. The summed E-state index contributed by atoms with van der Waals surface area (Å²) in [5.74, 6) is -3.25. The first-order valence-corrected chi connectivity index (χ1v) is 7.23. The summed E-state index contributed by atoms with van der Waals surface area (Å²) in [5, 5.41) is 18.6. The Morgan fingerprint density at radius 1 is 0.773 bits per heavy atom. The SMILES string of the molecule is O=C([O-])CC(=O)[O-].[CH2-]CCCCCCCCCCC.[K+].[K+].[Li+]. The van der Waals surface area contributed by atoms with Gasteiger partial charge in [-0.1, -0.05) is 64.7 Å². The van der Waals surface area contributed by atoms with Crippen LogP contribution in [0.2, 0.25) is 0 Å². The smallest absolute Gasteiger partial charge is 0.550 e. The zero-order valence-electron chi connectivity index (χ0n) is 15.1. The number of carboxylic acid groups (broad SMARTS) is 2. The van der Waals surface area contributed by atoms with Gasteiger partial charge in [0.25, 0.3) is 0 Å². The van der Waals surface area contributed by atoms with Crippen molar-refractivity contribution in [1.82, 2.24) is 0 Å². The minimum absolute atomic E-state index is 0. The minimum atomic E-state index is -1.63. The second kappa shape index (κ2) is 31.6. The number of carbonyl (C=O) groups is 2. The van der Waals surface area contributed by atoms with Crippen LogP contribution in [0.25, 0.3) is 0 Å². The Hall–Kier alpha value is 2.81. The summed E-state index contributed by atoms with van der Waals surface area (Å²) in [6.45, 7) is 6.12. The molecule has 0 fully saturated rings. The van der Waals surface area contributed by atoms with Gasteiger partial charge in [0.05, 0.1) is 0 Å². The predicted molar refractivity (Wildman–Crippen MR) is 71.8 cm³/mol. The Balaban J connectivity index is -0.0000000850. The Kier molecular flexibility index (Phi) is 51.4. The minimum Gasteiger partial charge on any atom is -0.550 e. The summed E-state index contributed by atoms with van der Waals surface area (Å²) < 4.78 is 0. The molecule has 22 heavy (non-hydrogen) atoms. The van der Waals surface area contributed by atoms with E-state index in [1.807, 2.05) is 0 Å². The molecule has 0 saturated heterocycles. The fourth-order valence-corrected chi connectivity index (χ4v) is 1.61. The van der Waals surface area contributed by atoms with E-state index in [2.05, 4.69) is 13.8 Å². The van der Waals surface area contributed by atoms with Gasteiger partial charge >= 0.3 is 122 Å². The Labute approximate surface area is 233 Å². The van der Waals surface area contributed by atoms with Crippen molar-refractivity contribution in [3.05, 3.63) is 6.92 Å². The molecule has 0 saturated carbocycles. The third-order valence-electron chi connectivity index (χ3n) is 2.64. The van der Waals surface area contributed by atoms with Crippen LogP contribution in [0.5, 0.6) is 0 Å². The van der Waals surface area contributed by atoms with Crippen molar-refractivity contribution in [2.75, 3.05) is 0 Å². The van der Waals surface area contributed by atoms with E-state index in [4.69, 9.17) is 0 Å². The van der Waals surface area contributed by atoms with Crippen molar-refractivity contribution in [1.29, 1.82) is 0 Å². The maximum atomic E-state index is 9.28. The second-order valence-electron chi connectivity index (χ2n) is 4.60. The van der Waals surface area contributed by atoms with Gasteiger partial charge in [0.2, 0.25) is 0 Å². The molecule has 0 aliphatic heterocycles. The molecule has 0 spiro atoms. The van der Waals surface area contributed by atoms with Crippen molar-refractivity contribution < 1.29 is 141 Å². The normalized spacial score (nSPS) is 8.27. The summed E-state index contributed by atoms with van der Waals surface area (Å²) in [6, 6.07) is 0. The van der Waals surface area contributed by atoms with Gasteiger partial charge in [-0.05, 0) is 0 Å². The van der Waals surface area contributed by atoms with E-state index in [1.54, 1.807) is 0 Å². The van der Waals surface area contributed by atoms with Crippen molar-refractivity contribution in [3.63, 3.8) is 0 Å². The maximum Gasteiger partial charge on any atom is 1.00 e. The van der Waals surface area contributed by atoms with Crippen molar-refractivity contribution >= 4 is 11.9 Å². The zero-order valence-corrected chi connectivity index (χ0v) is 21.4. The molecule has 0 aliphatic rings. The summed E-state index contributed by atoms with van der Waals surface area (Å²) in [4.78, 5) is 18.6. The van der Waals surface area contributed by atoms with E-state index in [0.717, 1.165) is 6.42 Å². The van der Waals surface area contributed by atoms with Gasteiger partial charge < -0.3 is 26.7 Å². The number of unbranched alkanes of at least 4 members (excludes halogenated alkanes) is 9. The van der Waals surface area contributed by atoms with E-state index in [0.29, 0.717) is 0 Å². The molecule has 4 nitrogen and oxygen atoms in total. The summed E-state index contributed by atoms with van der Waals surface area (Å²) in [7, 11) is 0. The number of aliphatic carboxylic acids is 2. The molecule has 0 aromatic carbocycles. The number of hydrogen-bond acceptors (Lipinski definition) is 4. The molecule has 0 aromatic rings. The molecule has 0 N–H and O–H groups in total. The zero-order chi connectivity index (χ0) is 14.9. The van der Waals surface area contributed by atoms with Crippen LogP contribution in [0.1, 0.15) is 77.6 Å². The largest absolute Gasteiger partial charge is 1.00 e. The van der Waals surface area contributed by atoms with Gasteiger partial charge in [0.15, 0.2) is 0 Å². The predicted octanol–water partition coefficient (Wildman–Crippen LogP) is -7.37. The quantitative estimate of drug-likeness (QED) is 0.159. The van der Waals surface area contributed by atoms with Gasteiger partial charge in [0.1, 0.15) is 0 Å². The van der Waals surface area contributed by atoms with Crippen molar-refractivity contribution in [2.45, 2.75) is 77.6 Å². The van der Waals surface area contributed by atoms with Gasteiger partial charge in [-0.15, -0.1) is 0 Å². The molecule has 0 aliphatic carbocycles. The molecular weight excluding hydrogens is 329 g/mol. The summed E-state index contributed by atoms with van der Waals surface area (Å²) >= 11 is 0. The first kappa shape index (κ1) is 35.8. The van der Waals surface area contributed by atoms with Crippen LogP contribution >= 0.6 is 0 Å². The molecular formula is C15H27K2LiO4. The van der Waals surface area contributed by atoms with E-state index in [1.165, 1.54) is 57.8 Å². The molecule has 7 heteroatoms. The first-order chi connectivity index (χ1) is 9.04. The molecule has 0 heterocycles. The third kappa shape index (κ3) is 43.4. The van der Waals surface area contributed by atoms with Crippen LogP contribution in [0.15, 0.2) is 0 Å². The Morgan fingerprint density at radius 3 is 1.32 bits per heavy atom. The van der Waals surface area contributed by atoms with Crippen LogP contribution in [0.3, 0.4) is 0 Å². The Morgan fingerprint density at radius 2 is 1.09 bits per heavy atom. The number of carbonyl (C=O) groups excluding carboxylic acids is 2. The van der Waals surface area contributed by atoms with Crippen molar-refractivity contribution in [2.24, 2.45) is 0 Å². The number of rotatable bonds is 11. The average molecular weight is 357 g/mol. The van der Waals surface area contributed by atoms with Crippen molar-refractivity contribution in [3.8, 4) is 0 Å². The Bertz CT molecular complexity index is 208. The molecule has 0 unspecified atom stereocenters. The van der Waals surface area contributed by atoms with Crippen LogP contribution < -0.4 is 132 Å². The second-order valence-corrected chi connectivity index (χ2v) is 4.60. The van der Waals surface area contributed by atoms with Gasteiger partial charge in [-0.3, -0.25) is 0 Å². The average Bonchev–Trinajstić information content (AvgIpc) is 2.32. The van der Waals surface area contributed by atoms with Gasteiger partial charge in [-0.2, -0.15) is 6.42 Å². The summed E-state index contributed by atoms with van der Waals surface area (Å²) in [6.07, 6.45) is 12.9. The fourth-order valence-electron chi connectivity index (χ4n) is 1.61. The first-order valence-electron chi connectivity index (χ1n) is 7.23. The van der Waals surface area contributed by atoms with Crippen LogP contribution in [0.4, 0.5) is 0 Å². The fraction of sp³-hybridized carbons (Fsp3) is 0.800. The van der Waals surface area contributed by atoms with E-state index in [9.17, 15) is 19.8 Å². The van der Waals surface area contributed by atoms with E-state index in [-0.39, 0.29) is 122 Å². The number of hydrogen-bond donors (Lipinski definition) is 0. The van der Waals surface area contributed by atoms with E-state index < -0.39 is 18.4 Å². The monoisotopic (exact) mass is 356 g/mol. The van der Waals surface area contributed by atoms with Crippen LogP contribution in [-0.2, 0) is 9.59 Å². The molecule has 114 valence electrons. The standard InChI is InChI=1S/C12H25.C3H4O4.2K.Li/c1-3-5-7-9-11-12-10-8-6-4-2;4-2(5)1-3(6)7;;;/h1,3-12H2,2H3;1H2,(H,4,5)(H,6,7);;;/q-1;;3*+1/p-2. The molecule has 0 radical (unpaired) electrons. The molecule has 0 atom stereocenters. The summed E-state index contributed by atoms with van der Waals surface area (Å²) in [5.41, 5.74) is 0. The molecule has 0 aromatic heterocycles. The van der Waals surface area contributed by atoms with Gasteiger partial charge in [-0.25, -0.2) is 0 Å². The van der Waals surface area contributed by atoms with E-state index >= 15 is 0 Å². The molecule has 0 rings (SSSR count). The molecule has 0 bridgehead atoms. The van der Waals surface area contributed by atoms with Gasteiger partial charge in [0, 0.05) is 18.4 Å². The molecule has 0 amide bonds.